The van der Waals surface area contributed by atoms with E-state index in [0.29, 0.717) is 16.8 Å². The number of aromatic nitrogens is 1. The Morgan fingerprint density at radius 2 is 1.70 bits per heavy atom. The normalized spacial score (nSPS) is 19.6. The predicted molar refractivity (Wildman–Crippen MR) is 112 cm³/mol. The standard InChI is InChI=1S/C21H23N3O2.ClH/c1-14-12-15(10-11-22-14)23-20(25)13-24-18-8-4-2-6-16(18)21(26)17-7-3-5-9-19(17)24;/h2-9,14-15,22H,10-13H2,1H3,(H,23,25);1H. The lowest BCUT2D eigenvalue weighted by atomic mass is 10.0. The molecule has 2 heterocycles. The second kappa shape index (κ2) is 8.11. The van der Waals surface area contributed by atoms with Gasteiger partial charge in [0.1, 0.15) is 6.54 Å². The average Bonchev–Trinajstić information content (AvgIpc) is 2.65. The first-order chi connectivity index (χ1) is 12.6. The number of nitrogens with zero attached hydrogens (tertiary/aromatic N) is 1. The molecule has 6 heteroatoms. The van der Waals surface area contributed by atoms with Crippen LogP contribution in [-0.2, 0) is 11.3 Å². The summed E-state index contributed by atoms with van der Waals surface area (Å²) in [6.45, 7) is 3.27. The van der Waals surface area contributed by atoms with Gasteiger partial charge in [-0.1, -0.05) is 24.3 Å². The number of para-hydroxylation sites is 2. The smallest absolute Gasteiger partial charge is 0.240 e. The number of benzene rings is 2. The second-order valence-corrected chi connectivity index (χ2v) is 7.09. The summed E-state index contributed by atoms with van der Waals surface area (Å²) in [6, 6.07) is 15.6. The molecule has 5 nitrogen and oxygen atoms in total. The molecule has 1 fully saturated rings. The zero-order valence-corrected chi connectivity index (χ0v) is 16.1. The van der Waals surface area contributed by atoms with E-state index < -0.39 is 0 Å². The number of pyridine rings is 1. The van der Waals surface area contributed by atoms with Gasteiger partial charge in [0.15, 0.2) is 5.43 Å². The Labute approximate surface area is 164 Å². The molecule has 1 aliphatic rings. The maximum absolute atomic E-state index is 12.8. The summed E-state index contributed by atoms with van der Waals surface area (Å²) in [4.78, 5) is 25.5. The fourth-order valence-corrected chi connectivity index (χ4v) is 3.93. The molecule has 0 radical (unpaired) electrons. The number of carbonyl (C=O) groups excluding carboxylic acids is 1. The van der Waals surface area contributed by atoms with Gasteiger partial charge in [0.2, 0.25) is 5.91 Å². The Hall–Kier alpha value is -2.37. The van der Waals surface area contributed by atoms with Crippen molar-refractivity contribution in [2.45, 2.75) is 38.4 Å². The molecule has 1 saturated heterocycles. The Kier molecular flexibility index (Phi) is 5.82. The third-order valence-corrected chi connectivity index (χ3v) is 5.17. The largest absolute Gasteiger partial charge is 0.352 e. The van der Waals surface area contributed by atoms with Crippen molar-refractivity contribution in [2.75, 3.05) is 6.54 Å². The number of rotatable bonds is 3. The van der Waals surface area contributed by atoms with Crippen LogP contribution in [0.4, 0.5) is 0 Å². The maximum Gasteiger partial charge on any atom is 0.240 e. The first-order valence-corrected chi connectivity index (χ1v) is 9.16. The van der Waals surface area contributed by atoms with Gasteiger partial charge in [-0.15, -0.1) is 12.4 Å². The van der Waals surface area contributed by atoms with E-state index in [4.69, 9.17) is 0 Å². The van der Waals surface area contributed by atoms with Crippen LogP contribution in [0.3, 0.4) is 0 Å². The molecule has 142 valence electrons. The molecule has 0 spiro atoms. The molecule has 2 aromatic carbocycles. The summed E-state index contributed by atoms with van der Waals surface area (Å²) in [7, 11) is 0. The molecule has 2 atom stereocenters. The van der Waals surface area contributed by atoms with Gasteiger partial charge in [-0.05, 0) is 50.6 Å². The third-order valence-electron chi connectivity index (χ3n) is 5.17. The highest BCUT2D eigenvalue weighted by Crippen LogP contribution is 2.19. The molecule has 2 N–H and O–H groups in total. The summed E-state index contributed by atoms with van der Waals surface area (Å²) in [5.74, 6) is -0.0111. The number of fused-ring (bicyclic) bond motifs is 2. The third kappa shape index (κ3) is 3.84. The highest BCUT2D eigenvalue weighted by Gasteiger charge is 2.20. The first-order valence-electron chi connectivity index (χ1n) is 9.16. The second-order valence-electron chi connectivity index (χ2n) is 7.09. The minimum Gasteiger partial charge on any atom is -0.352 e. The van der Waals surface area contributed by atoms with Gasteiger partial charge >= 0.3 is 0 Å². The monoisotopic (exact) mass is 385 g/mol. The van der Waals surface area contributed by atoms with Crippen LogP contribution in [0.15, 0.2) is 53.3 Å². The van der Waals surface area contributed by atoms with Crippen molar-refractivity contribution in [3.8, 4) is 0 Å². The Balaban J connectivity index is 0.00000210. The lowest BCUT2D eigenvalue weighted by Crippen LogP contribution is -2.47. The van der Waals surface area contributed by atoms with E-state index in [2.05, 4.69) is 17.6 Å². The molecule has 4 rings (SSSR count). The fourth-order valence-electron chi connectivity index (χ4n) is 3.93. The van der Waals surface area contributed by atoms with E-state index in [1.54, 1.807) is 0 Å². The molecule has 0 bridgehead atoms. The van der Waals surface area contributed by atoms with Crippen molar-refractivity contribution in [2.24, 2.45) is 0 Å². The van der Waals surface area contributed by atoms with Crippen LogP contribution in [0.5, 0.6) is 0 Å². The zero-order valence-electron chi connectivity index (χ0n) is 15.3. The minimum absolute atomic E-state index is 0. The van der Waals surface area contributed by atoms with Gasteiger partial charge < -0.3 is 15.2 Å². The summed E-state index contributed by atoms with van der Waals surface area (Å²) in [5, 5.41) is 7.86. The number of carbonyl (C=O) groups is 1. The van der Waals surface area contributed by atoms with Crippen LogP contribution >= 0.6 is 12.4 Å². The van der Waals surface area contributed by atoms with Gasteiger partial charge in [0.25, 0.3) is 0 Å². The van der Waals surface area contributed by atoms with Crippen molar-refractivity contribution < 1.29 is 4.79 Å². The van der Waals surface area contributed by atoms with Crippen LogP contribution in [0.25, 0.3) is 21.8 Å². The maximum atomic E-state index is 12.8. The van der Waals surface area contributed by atoms with Crippen molar-refractivity contribution in [1.82, 2.24) is 15.2 Å². The van der Waals surface area contributed by atoms with E-state index in [1.165, 1.54) is 0 Å². The number of hydrogen-bond donors (Lipinski definition) is 2. The van der Waals surface area contributed by atoms with Crippen molar-refractivity contribution >= 4 is 40.1 Å². The molecule has 1 aromatic heterocycles. The first kappa shape index (κ1) is 19.4. The van der Waals surface area contributed by atoms with Crippen LogP contribution in [-0.4, -0.2) is 29.1 Å². The molecule has 1 aliphatic heterocycles. The summed E-state index contributed by atoms with van der Waals surface area (Å²) in [6.07, 6.45) is 1.89. The van der Waals surface area contributed by atoms with Gasteiger partial charge in [-0.25, -0.2) is 0 Å². The quantitative estimate of drug-likeness (QED) is 0.681. The molecule has 3 aromatic rings. The Bertz CT molecular complexity index is 971. The number of hydrogen-bond acceptors (Lipinski definition) is 3. The van der Waals surface area contributed by atoms with Crippen LogP contribution in [0.1, 0.15) is 19.8 Å². The van der Waals surface area contributed by atoms with Gasteiger partial charge in [-0.2, -0.15) is 0 Å². The van der Waals surface area contributed by atoms with Crippen molar-refractivity contribution in [3.05, 3.63) is 58.8 Å². The molecule has 0 saturated carbocycles. The Morgan fingerprint density at radius 1 is 1.11 bits per heavy atom. The fraction of sp³-hybridized carbons (Fsp3) is 0.333. The zero-order chi connectivity index (χ0) is 18.1. The van der Waals surface area contributed by atoms with Crippen LogP contribution in [0.2, 0.25) is 0 Å². The molecule has 0 aliphatic carbocycles. The van der Waals surface area contributed by atoms with Crippen molar-refractivity contribution in [3.63, 3.8) is 0 Å². The van der Waals surface area contributed by atoms with E-state index in [1.807, 2.05) is 53.1 Å². The molecule has 2 unspecified atom stereocenters. The molecule has 1 amide bonds. The number of nitrogens with one attached hydrogen (secondary N) is 2. The SMILES string of the molecule is CC1CC(NC(=O)Cn2c3ccccc3c(=O)c3ccccc32)CCN1.Cl. The van der Waals surface area contributed by atoms with E-state index >= 15 is 0 Å². The number of piperidine rings is 1. The number of halogens is 1. The van der Waals surface area contributed by atoms with Crippen molar-refractivity contribution in [1.29, 1.82) is 0 Å². The van der Waals surface area contributed by atoms with Gasteiger partial charge in [0.05, 0.1) is 11.0 Å². The minimum atomic E-state index is -0.0111. The van der Waals surface area contributed by atoms with E-state index in [0.717, 1.165) is 30.4 Å². The highest BCUT2D eigenvalue weighted by atomic mass is 35.5. The summed E-state index contributed by atoms with van der Waals surface area (Å²) in [5.41, 5.74) is 1.61. The lowest BCUT2D eigenvalue weighted by Gasteiger charge is -2.29. The predicted octanol–water partition coefficient (Wildman–Crippen LogP) is 2.83. The average molecular weight is 386 g/mol. The molecular weight excluding hydrogens is 362 g/mol. The topological polar surface area (TPSA) is 63.1 Å². The van der Waals surface area contributed by atoms with Gasteiger partial charge in [-0.3, -0.25) is 9.59 Å². The van der Waals surface area contributed by atoms with Crippen LogP contribution in [0, 0.1) is 0 Å². The van der Waals surface area contributed by atoms with Crippen LogP contribution < -0.4 is 16.1 Å². The summed E-state index contributed by atoms with van der Waals surface area (Å²) < 4.78 is 1.95. The van der Waals surface area contributed by atoms with E-state index in [-0.39, 0.29) is 36.3 Å². The lowest BCUT2D eigenvalue weighted by molar-refractivity contribution is -0.122. The summed E-state index contributed by atoms with van der Waals surface area (Å²) >= 11 is 0. The van der Waals surface area contributed by atoms with E-state index in [9.17, 15) is 9.59 Å². The molecule has 27 heavy (non-hydrogen) atoms. The number of amides is 1. The molecular formula is C21H24ClN3O2. The Morgan fingerprint density at radius 3 is 2.30 bits per heavy atom. The highest BCUT2D eigenvalue weighted by molar-refractivity contribution is 5.94. The van der Waals surface area contributed by atoms with Gasteiger partial charge in [0, 0.05) is 22.9 Å².